The van der Waals surface area contributed by atoms with Crippen molar-refractivity contribution in [1.82, 2.24) is 10.2 Å². The molecule has 0 saturated carbocycles. The van der Waals surface area contributed by atoms with Gasteiger partial charge in [-0.2, -0.15) is 0 Å². The van der Waals surface area contributed by atoms with E-state index in [1.165, 1.54) is 0 Å². The molecule has 2 aromatic carbocycles. The van der Waals surface area contributed by atoms with Gasteiger partial charge < -0.3 is 20.1 Å². The van der Waals surface area contributed by atoms with Crippen LogP contribution in [0, 0.1) is 0 Å². The molecule has 29 heavy (non-hydrogen) atoms. The van der Waals surface area contributed by atoms with Gasteiger partial charge in [0.2, 0.25) is 5.91 Å². The highest BCUT2D eigenvalue weighted by Gasteiger charge is 2.15. The first kappa shape index (κ1) is 22.3. The van der Waals surface area contributed by atoms with E-state index in [1.54, 1.807) is 36.3 Å². The Labute approximate surface area is 175 Å². The zero-order valence-corrected chi connectivity index (χ0v) is 17.1. The summed E-state index contributed by atoms with van der Waals surface area (Å²) in [7, 11) is 1.60. The fourth-order valence-electron chi connectivity index (χ4n) is 2.50. The standard InChI is InChI=1S/C21H25N3O4S/c1-27-13-14-28-18-9-7-17(8-10-18)20(26)23-21(29)24(12-11-19(22)25)15-16-5-3-2-4-6-16/h2-10H,11-15H2,1H3,(H2,22,25)(H,23,26,29). The molecule has 2 rings (SSSR count). The van der Waals surface area contributed by atoms with E-state index in [9.17, 15) is 9.59 Å². The van der Waals surface area contributed by atoms with Gasteiger partial charge in [-0.15, -0.1) is 0 Å². The summed E-state index contributed by atoms with van der Waals surface area (Å²) >= 11 is 5.40. The lowest BCUT2D eigenvalue weighted by Gasteiger charge is -2.25. The second-order valence-corrected chi connectivity index (χ2v) is 6.64. The van der Waals surface area contributed by atoms with Gasteiger partial charge in [-0.05, 0) is 42.0 Å². The smallest absolute Gasteiger partial charge is 0.257 e. The van der Waals surface area contributed by atoms with Gasteiger partial charge >= 0.3 is 0 Å². The molecule has 2 amide bonds. The fraction of sp³-hybridized carbons (Fsp3) is 0.286. The minimum Gasteiger partial charge on any atom is -0.491 e. The Bertz CT molecular complexity index is 812. The van der Waals surface area contributed by atoms with E-state index < -0.39 is 5.91 Å². The molecule has 0 unspecified atom stereocenters. The van der Waals surface area contributed by atoms with Crippen LogP contribution in [0.4, 0.5) is 0 Å². The number of primary amides is 1. The highest BCUT2D eigenvalue weighted by molar-refractivity contribution is 7.80. The Hall–Kier alpha value is -2.97. The lowest BCUT2D eigenvalue weighted by atomic mass is 10.2. The molecule has 154 valence electrons. The fourth-order valence-corrected chi connectivity index (χ4v) is 2.74. The van der Waals surface area contributed by atoms with Gasteiger partial charge in [-0.3, -0.25) is 14.9 Å². The number of ether oxygens (including phenoxy) is 2. The Morgan fingerprint density at radius 1 is 1.07 bits per heavy atom. The molecule has 0 bridgehead atoms. The topological polar surface area (TPSA) is 93.9 Å². The lowest BCUT2D eigenvalue weighted by Crippen LogP contribution is -2.43. The maximum Gasteiger partial charge on any atom is 0.257 e. The second kappa shape index (κ2) is 11.8. The van der Waals surface area contributed by atoms with E-state index in [2.05, 4.69) is 5.32 Å². The summed E-state index contributed by atoms with van der Waals surface area (Å²) in [6.45, 7) is 1.69. The van der Waals surface area contributed by atoms with Crippen LogP contribution in [0.25, 0.3) is 0 Å². The zero-order valence-electron chi connectivity index (χ0n) is 16.3. The Balaban J connectivity index is 1.99. The van der Waals surface area contributed by atoms with Gasteiger partial charge in [0.1, 0.15) is 12.4 Å². The Morgan fingerprint density at radius 3 is 2.38 bits per heavy atom. The first-order valence-corrected chi connectivity index (χ1v) is 9.54. The highest BCUT2D eigenvalue weighted by Crippen LogP contribution is 2.12. The number of nitrogens with one attached hydrogen (secondary N) is 1. The number of carbonyl (C=O) groups is 2. The normalized spacial score (nSPS) is 10.2. The van der Waals surface area contributed by atoms with Crippen molar-refractivity contribution in [3.63, 3.8) is 0 Å². The van der Waals surface area contributed by atoms with Crippen LogP contribution in [0.2, 0.25) is 0 Å². The molecule has 0 aliphatic rings. The summed E-state index contributed by atoms with van der Waals surface area (Å²) in [6.07, 6.45) is 0.135. The average molecular weight is 416 g/mol. The number of carbonyl (C=O) groups excluding carboxylic acids is 2. The number of nitrogens with two attached hydrogens (primary N) is 1. The predicted octanol–water partition coefficient (Wildman–Crippen LogP) is 2.10. The van der Waals surface area contributed by atoms with Gasteiger partial charge in [0.25, 0.3) is 5.91 Å². The number of benzene rings is 2. The summed E-state index contributed by atoms with van der Waals surface area (Å²) < 4.78 is 10.4. The van der Waals surface area contributed by atoms with Crippen molar-refractivity contribution in [2.45, 2.75) is 13.0 Å². The molecule has 0 fully saturated rings. The van der Waals surface area contributed by atoms with Gasteiger partial charge in [0, 0.05) is 32.2 Å². The minimum absolute atomic E-state index is 0.135. The van der Waals surface area contributed by atoms with Crippen molar-refractivity contribution in [3.8, 4) is 5.75 Å². The summed E-state index contributed by atoms with van der Waals surface area (Å²) in [5, 5.41) is 2.95. The highest BCUT2D eigenvalue weighted by atomic mass is 32.1. The summed E-state index contributed by atoms with van der Waals surface area (Å²) in [4.78, 5) is 25.5. The molecule has 3 N–H and O–H groups in total. The number of thiocarbonyl (C=S) groups is 1. The van der Waals surface area contributed by atoms with Crippen LogP contribution in [0.5, 0.6) is 5.75 Å². The summed E-state index contributed by atoms with van der Waals surface area (Å²) in [6, 6.07) is 16.4. The molecule has 8 heteroatoms. The summed E-state index contributed by atoms with van der Waals surface area (Å²) in [5.74, 6) is -0.120. The SMILES string of the molecule is COCCOc1ccc(C(=O)NC(=S)N(CCC(N)=O)Cc2ccccc2)cc1. The molecule has 0 aliphatic heterocycles. The maximum absolute atomic E-state index is 12.5. The van der Waals surface area contributed by atoms with Crippen LogP contribution in [-0.2, 0) is 16.1 Å². The van der Waals surface area contributed by atoms with E-state index >= 15 is 0 Å². The lowest BCUT2D eigenvalue weighted by molar-refractivity contribution is -0.118. The number of hydrogen-bond donors (Lipinski definition) is 2. The van der Waals surface area contributed by atoms with Crippen molar-refractivity contribution in [3.05, 3.63) is 65.7 Å². The van der Waals surface area contributed by atoms with E-state index in [-0.39, 0.29) is 17.4 Å². The molecule has 2 aromatic rings. The van der Waals surface area contributed by atoms with E-state index in [0.717, 1.165) is 5.56 Å². The van der Waals surface area contributed by atoms with Gasteiger partial charge in [0.15, 0.2) is 5.11 Å². The quantitative estimate of drug-likeness (QED) is 0.456. The van der Waals surface area contributed by atoms with Gasteiger partial charge in [0.05, 0.1) is 6.61 Å². The molecular weight excluding hydrogens is 390 g/mol. The van der Waals surface area contributed by atoms with Crippen molar-refractivity contribution in [1.29, 1.82) is 0 Å². The molecule has 0 spiro atoms. The maximum atomic E-state index is 12.5. The first-order chi connectivity index (χ1) is 14.0. The average Bonchev–Trinajstić information content (AvgIpc) is 2.72. The molecular formula is C21H25N3O4S. The van der Waals surface area contributed by atoms with Crippen molar-refractivity contribution in [2.24, 2.45) is 5.73 Å². The van der Waals surface area contributed by atoms with Gasteiger partial charge in [-0.1, -0.05) is 30.3 Å². The van der Waals surface area contributed by atoms with Crippen LogP contribution in [-0.4, -0.2) is 48.7 Å². The third-order valence-electron chi connectivity index (χ3n) is 4.02. The molecule has 0 saturated heterocycles. The molecule has 7 nitrogen and oxygen atoms in total. The van der Waals surface area contributed by atoms with Crippen LogP contribution in [0.3, 0.4) is 0 Å². The minimum atomic E-state index is -0.429. The number of hydrogen-bond acceptors (Lipinski definition) is 5. The van der Waals surface area contributed by atoms with Crippen molar-refractivity contribution >= 4 is 29.1 Å². The second-order valence-electron chi connectivity index (χ2n) is 6.25. The largest absolute Gasteiger partial charge is 0.491 e. The van der Waals surface area contributed by atoms with Crippen LogP contribution < -0.4 is 15.8 Å². The third kappa shape index (κ3) is 7.89. The number of nitrogens with zero attached hydrogens (tertiary/aromatic N) is 1. The van der Waals surface area contributed by atoms with E-state index in [1.807, 2.05) is 30.3 Å². The van der Waals surface area contributed by atoms with Crippen LogP contribution in [0.1, 0.15) is 22.3 Å². The molecule has 0 aromatic heterocycles. The van der Waals surface area contributed by atoms with Crippen molar-refractivity contribution < 1.29 is 19.1 Å². The number of rotatable bonds is 10. The Kier molecular flexibility index (Phi) is 9.07. The zero-order chi connectivity index (χ0) is 21.1. The molecule has 0 radical (unpaired) electrons. The van der Waals surface area contributed by atoms with Gasteiger partial charge in [-0.25, -0.2) is 0 Å². The molecule has 0 atom stereocenters. The Morgan fingerprint density at radius 2 is 1.76 bits per heavy atom. The number of amides is 2. The van der Waals surface area contributed by atoms with E-state index in [0.29, 0.717) is 37.6 Å². The third-order valence-corrected chi connectivity index (χ3v) is 4.39. The molecule has 0 heterocycles. The molecule has 0 aliphatic carbocycles. The summed E-state index contributed by atoms with van der Waals surface area (Å²) in [5.41, 5.74) is 6.72. The monoisotopic (exact) mass is 415 g/mol. The van der Waals surface area contributed by atoms with Crippen molar-refractivity contribution in [2.75, 3.05) is 26.9 Å². The van der Waals surface area contributed by atoms with Crippen LogP contribution in [0.15, 0.2) is 54.6 Å². The number of methoxy groups -OCH3 is 1. The predicted molar refractivity (Wildman–Crippen MR) is 115 cm³/mol. The van der Waals surface area contributed by atoms with E-state index in [4.69, 9.17) is 27.4 Å². The van der Waals surface area contributed by atoms with Crippen LogP contribution >= 0.6 is 12.2 Å². The first-order valence-electron chi connectivity index (χ1n) is 9.14.